The van der Waals surface area contributed by atoms with Crippen LogP contribution in [0, 0.1) is 5.92 Å². The fourth-order valence-corrected chi connectivity index (χ4v) is 2.83. The molecule has 22 heavy (non-hydrogen) atoms. The van der Waals surface area contributed by atoms with E-state index in [9.17, 15) is 18.4 Å². The van der Waals surface area contributed by atoms with Gasteiger partial charge in [-0.2, -0.15) is 8.78 Å². The highest BCUT2D eigenvalue weighted by Gasteiger charge is 2.24. The largest absolute Gasteiger partial charge is 0.455 e. The van der Waals surface area contributed by atoms with Crippen molar-refractivity contribution in [2.24, 2.45) is 5.92 Å². The predicted octanol–water partition coefficient (Wildman–Crippen LogP) is 3.67. The second-order valence-corrected chi connectivity index (χ2v) is 6.10. The van der Waals surface area contributed by atoms with Crippen molar-refractivity contribution in [1.82, 2.24) is 0 Å². The number of amides is 1. The van der Waals surface area contributed by atoms with Gasteiger partial charge in [0.1, 0.15) is 0 Å². The van der Waals surface area contributed by atoms with Crippen LogP contribution >= 0.6 is 11.8 Å². The summed E-state index contributed by atoms with van der Waals surface area (Å²) >= 11 is 0.439. The first-order valence-corrected chi connectivity index (χ1v) is 7.94. The number of ether oxygens (including phenoxy) is 1. The Morgan fingerprint density at radius 2 is 1.86 bits per heavy atom. The van der Waals surface area contributed by atoms with E-state index in [0.29, 0.717) is 22.3 Å². The zero-order chi connectivity index (χ0) is 15.9. The second-order valence-electron chi connectivity index (χ2n) is 5.04. The van der Waals surface area contributed by atoms with E-state index in [1.807, 2.05) is 0 Å². The van der Waals surface area contributed by atoms with Crippen LogP contribution in [0.15, 0.2) is 29.2 Å². The minimum absolute atomic E-state index is 0.0848. The number of hydrogen-bond donors (Lipinski definition) is 1. The molecule has 1 aromatic rings. The molecule has 0 radical (unpaired) electrons. The summed E-state index contributed by atoms with van der Waals surface area (Å²) in [5, 5.41) is 2.56. The fourth-order valence-electron chi connectivity index (χ4n) is 2.33. The molecular weight excluding hydrogens is 312 g/mol. The summed E-state index contributed by atoms with van der Waals surface area (Å²) in [5.41, 5.74) is 0.473. The van der Waals surface area contributed by atoms with Gasteiger partial charge in [0, 0.05) is 10.6 Å². The zero-order valence-electron chi connectivity index (χ0n) is 11.9. The minimum atomic E-state index is -2.48. The highest BCUT2D eigenvalue weighted by molar-refractivity contribution is 7.99. The van der Waals surface area contributed by atoms with Crippen LogP contribution in [0.2, 0.25) is 0 Å². The Balaban J connectivity index is 1.75. The summed E-state index contributed by atoms with van der Waals surface area (Å²) in [6.07, 6.45) is 3.69. The van der Waals surface area contributed by atoms with Gasteiger partial charge in [0.05, 0.1) is 5.92 Å². The normalized spacial score (nSPS) is 15.0. The molecule has 0 spiro atoms. The number of carbonyl (C=O) groups excluding carboxylic acids is 2. The highest BCUT2D eigenvalue weighted by atomic mass is 32.2. The third kappa shape index (κ3) is 5.29. The number of halogens is 2. The number of nitrogens with one attached hydrogen (secondary N) is 1. The van der Waals surface area contributed by atoms with Crippen molar-refractivity contribution in [1.29, 1.82) is 0 Å². The van der Waals surface area contributed by atoms with E-state index >= 15 is 0 Å². The number of alkyl halides is 2. The SMILES string of the molecule is O=C(COC(=O)C1CCCC1)Nc1ccc(SC(F)F)cc1. The average Bonchev–Trinajstić information content (AvgIpc) is 3.00. The summed E-state index contributed by atoms with van der Waals surface area (Å²) in [4.78, 5) is 23.8. The first-order chi connectivity index (χ1) is 10.5. The lowest BCUT2D eigenvalue weighted by Gasteiger charge is -2.10. The van der Waals surface area contributed by atoms with Crippen molar-refractivity contribution in [2.75, 3.05) is 11.9 Å². The third-order valence-corrected chi connectivity index (χ3v) is 4.12. The monoisotopic (exact) mass is 329 g/mol. The van der Waals surface area contributed by atoms with Crippen LogP contribution in [-0.2, 0) is 14.3 Å². The smallest absolute Gasteiger partial charge is 0.309 e. The van der Waals surface area contributed by atoms with Crippen molar-refractivity contribution >= 4 is 29.3 Å². The van der Waals surface area contributed by atoms with Crippen LogP contribution in [0.3, 0.4) is 0 Å². The van der Waals surface area contributed by atoms with Crippen LogP contribution in [0.5, 0.6) is 0 Å². The molecule has 2 rings (SSSR count). The van der Waals surface area contributed by atoms with Gasteiger partial charge >= 0.3 is 5.97 Å². The summed E-state index contributed by atoms with van der Waals surface area (Å²) in [6.45, 7) is -0.330. The Morgan fingerprint density at radius 3 is 2.45 bits per heavy atom. The Bertz CT molecular complexity index is 516. The molecule has 1 saturated carbocycles. The lowest BCUT2D eigenvalue weighted by molar-refractivity contribution is -0.151. The van der Waals surface area contributed by atoms with Gasteiger partial charge in [0.2, 0.25) is 0 Å². The van der Waals surface area contributed by atoms with Crippen LogP contribution in [0.4, 0.5) is 14.5 Å². The minimum Gasteiger partial charge on any atom is -0.455 e. The predicted molar refractivity (Wildman–Crippen MR) is 79.8 cm³/mol. The number of benzene rings is 1. The molecular formula is C15H17F2NO3S. The molecule has 1 fully saturated rings. The standard InChI is InChI=1S/C15H17F2NO3S/c16-15(17)22-12-7-5-11(6-8-12)18-13(19)9-21-14(20)10-3-1-2-4-10/h5-8,10,15H,1-4,9H2,(H,18,19). The fraction of sp³-hybridized carbons (Fsp3) is 0.467. The molecule has 0 atom stereocenters. The van der Waals surface area contributed by atoms with E-state index < -0.39 is 11.7 Å². The quantitative estimate of drug-likeness (QED) is 0.639. The molecule has 7 heteroatoms. The zero-order valence-corrected chi connectivity index (χ0v) is 12.7. The van der Waals surface area contributed by atoms with Gasteiger partial charge in [-0.05, 0) is 37.1 Å². The molecule has 0 bridgehead atoms. The van der Waals surface area contributed by atoms with Crippen LogP contribution in [-0.4, -0.2) is 24.2 Å². The average molecular weight is 329 g/mol. The van der Waals surface area contributed by atoms with Gasteiger partial charge in [-0.3, -0.25) is 9.59 Å². The van der Waals surface area contributed by atoms with Crippen LogP contribution in [0.1, 0.15) is 25.7 Å². The van der Waals surface area contributed by atoms with Gasteiger partial charge in [-0.25, -0.2) is 0 Å². The van der Waals surface area contributed by atoms with E-state index in [1.54, 1.807) is 0 Å². The maximum Gasteiger partial charge on any atom is 0.309 e. The lowest BCUT2D eigenvalue weighted by Crippen LogP contribution is -2.23. The number of carbonyl (C=O) groups is 2. The Labute approximate surface area is 131 Å². The molecule has 0 aromatic heterocycles. The van der Waals surface area contributed by atoms with Crippen molar-refractivity contribution in [2.45, 2.75) is 36.3 Å². The topological polar surface area (TPSA) is 55.4 Å². The lowest BCUT2D eigenvalue weighted by atomic mass is 10.1. The number of esters is 1. The molecule has 1 aromatic carbocycles. The highest BCUT2D eigenvalue weighted by Crippen LogP contribution is 2.26. The van der Waals surface area contributed by atoms with Crippen molar-refractivity contribution < 1.29 is 23.1 Å². The molecule has 1 aliphatic rings. The molecule has 0 aliphatic heterocycles. The maximum absolute atomic E-state index is 12.2. The molecule has 1 N–H and O–H groups in total. The van der Waals surface area contributed by atoms with Gasteiger partial charge in [0.25, 0.3) is 11.7 Å². The third-order valence-electron chi connectivity index (χ3n) is 3.40. The molecule has 0 saturated heterocycles. The number of rotatable bonds is 6. The van der Waals surface area contributed by atoms with E-state index in [-0.39, 0.29) is 18.5 Å². The summed E-state index contributed by atoms with van der Waals surface area (Å²) in [5.74, 6) is -3.33. The first kappa shape index (κ1) is 16.7. The Hall–Kier alpha value is -1.63. The summed E-state index contributed by atoms with van der Waals surface area (Å²) in [6, 6.07) is 6.05. The number of hydrogen-bond acceptors (Lipinski definition) is 4. The van der Waals surface area contributed by atoms with E-state index in [0.717, 1.165) is 25.7 Å². The summed E-state index contributed by atoms with van der Waals surface area (Å²) < 4.78 is 29.3. The number of anilines is 1. The second kappa shape index (κ2) is 8.12. The van der Waals surface area contributed by atoms with Crippen LogP contribution in [0.25, 0.3) is 0 Å². The van der Waals surface area contributed by atoms with Crippen molar-refractivity contribution in [3.05, 3.63) is 24.3 Å². The molecule has 4 nitrogen and oxygen atoms in total. The van der Waals surface area contributed by atoms with Gasteiger partial charge in [-0.1, -0.05) is 24.6 Å². The molecule has 120 valence electrons. The van der Waals surface area contributed by atoms with Gasteiger partial charge in [-0.15, -0.1) is 0 Å². The van der Waals surface area contributed by atoms with Gasteiger partial charge in [0.15, 0.2) is 6.61 Å². The van der Waals surface area contributed by atoms with Crippen molar-refractivity contribution in [3.8, 4) is 0 Å². The Morgan fingerprint density at radius 1 is 1.23 bits per heavy atom. The molecule has 1 amide bonds. The first-order valence-electron chi connectivity index (χ1n) is 7.06. The number of thioether (sulfide) groups is 1. The van der Waals surface area contributed by atoms with Gasteiger partial charge < -0.3 is 10.1 Å². The summed E-state index contributed by atoms with van der Waals surface area (Å²) in [7, 11) is 0. The Kier molecular flexibility index (Phi) is 6.18. The van der Waals surface area contributed by atoms with Crippen molar-refractivity contribution in [3.63, 3.8) is 0 Å². The van der Waals surface area contributed by atoms with E-state index in [4.69, 9.17) is 4.74 Å². The van der Waals surface area contributed by atoms with E-state index in [1.165, 1.54) is 24.3 Å². The maximum atomic E-state index is 12.2. The molecule has 1 aliphatic carbocycles. The van der Waals surface area contributed by atoms with E-state index in [2.05, 4.69) is 5.32 Å². The molecule has 0 unspecified atom stereocenters. The molecule has 0 heterocycles. The van der Waals surface area contributed by atoms with Crippen LogP contribution < -0.4 is 5.32 Å².